The van der Waals surface area contributed by atoms with Gasteiger partial charge < -0.3 is 0 Å². The van der Waals surface area contributed by atoms with Gasteiger partial charge in [-0.3, -0.25) is 0 Å². The Balaban J connectivity index is 2.60. The maximum atomic E-state index is 2.57. The van der Waals surface area contributed by atoms with Crippen LogP contribution in [0.15, 0.2) is 54.6 Å². The Morgan fingerprint density at radius 2 is 0.765 bits per heavy atom. The zero-order valence-electron chi connectivity index (χ0n) is 37.0. The van der Waals surface area contributed by atoms with Gasteiger partial charge in [0.15, 0.2) is 0 Å². The third kappa shape index (κ3) is 10.9. The summed E-state index contributed by atoms with van der Waals surface area (Å²) in [6.45, 7) is 45.3. The topological polar surface area (TPSA) is 0 Å². The van der Waals surface area contributed by atoms with Gasteiger partial charge >= 0.3 is 0 Å². The highest BCUT2D eigenvalue weighted by molar-refractivity contribution is 5.62. The minimum absolute atomic E-state index is 0.00800. The van der Waals surface area contributed by atoms with Crippen LogP contribution in [0.3, 0.4) is 0 Å². The van der Waals surface area contributed by atoms with Crippen molar-refractivity contribution < 1.29 is 0 Å². The second-order valence-corrected chi connectivity index (χ2v) is 22.0. The van der Waals surface area contributed by atoms with Gasteiger partial charge in [0.25, 0.3) is 0 Å². The highest BCUT2D eigenvalue weighted by Gasteiger charge is 2.38. The summed E-state index contributed by atoms with van der Waals surface area (Å²) in [4.78, 5) is 0. The van der Waals surface area contributed by atoms with E-state index in [0.717, 1.165) is 6.42 Å². The minimum Gasteiger partial charge on any atom is -0.0654 e. The molecule has 0 aromatic heterocycles. The molecule has 1 unspecified atom stereocenters. The van der Waals surface area contributed by atoms with E-state index in [1.54, 1.807) is 0 Å². The molecule has 0 nitrogen and oxygen atoms in total. The Hall–Kier alpha value is -2.34. The molecule has 0 saturated carbocycles. The van der Waals surface area contributed by atoms with Crippen LogP contribution in [0.1, 0.15) is 226 Å². The van der Waals surface area contributed by atoms with Gasteiger partial charge in [0.2, 0.25) is 0 Å². The van der Waals surface area contributed by atoms with E-state index in [-0.39, 0.29) is 38.4 Å². The van der Waals surface area contributed by atoms with E-state index in [9.17, 15) is 0 Å². The summed E-state index contributed by atoms with van der Waals surface area (Å²) in [7, 11) is 0. The predicted octanol–water partition coefficient (Wildman–Crippen LogP) is 15.6. The molecule has 0 spiro atoms. The summed E-state index contributed by atoms with van der Waals surface area (Å²) in [5, 5.41) is 0. The predicted molar refractivity (Wildman–Crippen MR) is 229 cm³/mol. The zero-order chi connectivity index (χ0) is 39.0. The largest absolute Gasteiger partial charge is 0.0654 e. The fourth-order valence-corrected chi connectivity index (χ4v) is 7.64. The van der Waals surface area contributed by atoms with E-state index in [4.69, 9.17) is 0 Å². The van der Waals surface area contributed by atoms with E-state index in [1.165, 1.54) is 88.1 Å². The molecule has 1 radical (unpaired) electrons. The van der Waals surface area contributed by atoms with Gasteiger partial charge in [0, 0.05) is 5.92 Å². The van der Waals surface area contributed by atoms with Crippen LogP contribution < -0.4 is 0 Å². The minimum atomic E-state index is -0.0241. The molecular formula is C51H79. The summed E-state index contributed by atoms with van der Waals surface area (Å²) < 4.78 is 0. The average molecular weight is 692 g/mol. The summed E-state index contributed by atoms with van der Waals surface area (Å²) in [6.07, 6.45) is 7.56. The molecule has 0 fully saturated rings. The van der Waals surface area contributed by atoms with Gasteiger partial charge in [-0.05, 0) is 94.9 Å². The molecule has 0 bridgehead atoms. The van der Waals surface area contributed by atoms with Crippen LogP contribution in [0.5, 0.6) is 0 Å². The second kappa shape index (κ2) is 15.6. The summed E-state index contributed by atoms with van der Waals surface area (Å²) in [5.74, 6) is 1.79. The van der Waals surface area contributed by atoms with Crippen molar-refractivity contribution in [2.24, 2.45) is 0 Å². The summed E-state index contributed by atoms with van der Waals surface area (Å²) in [5.41, 5.74) is 13.3. The highest BCUT2D eigenvalue weighted by Crippen LogP contribution is 2.50. The van der Waals surface area contributed by atoms with Crippen molar-refractivity contribution in [3.63, 3.8) is 0 Å². The Labute approximate surface area is 318 Å². The van der Waals surface area contributed by atoms with Gasteiger partial charge in [-0.25, -0.2) is 0 Å². The molecule has 0 aliphatic rings. The van der Waals surface area contributed by atoms with Crippen molar-refractivity contribution in [3.8, 4) is 0 Å². The molecule has 0 aliphatic carbocycles. The molecule has 3 rings (SSSR count). The van der Waals surface area contributed by atoms with Crippen LogP contribution in [0.2, 0.25) is 0 Å². The van der Waals surface area contributed by atoms with Crippen LogP contribution >= 0.6 is 0 Å². The number of unbranched alkanes of at least 4 members (excludes halogenated alkanes) is 4. The molecule has 1 atom stereocenters. The lowest BCUT2D eigenvalue weighted by Gasteiger charge is -2.39. The molecule has 3 aromatic carbocycles. The van der Waals surface area contributed by atoms with Crippen molar-refractivity contribution in [1.82, 2.24) is 0 Å². The number of hydrogen-bond acceptors (Lipinski definition) is 0. The number of rotatable bonds is 10. The lowest BCUT2D eigenvalue weighted by molar-refractivity contribution is 0.522. The maximum absolute atomic E-state index is 2.57. The average Bonchev–Trinajstić information content (AvgIpc) is 2.97. The molecule has 51 heavy (non-hydrogen) atoms. The zero-order valence-corrected chi connectivity index (χ0v) is 37.0. The fourth-order valence-electron chi connectivity index (χ4n) is 7.64. The maximum Gasteiger partial charge on any atom is 0.0420 e. The van der Waals surface area contributed by atoms with Crippen molar-refractivity contribution in [2.45, 2.75) is 208 Å². The summed E-state index contributed by atoms with van der Waals surface area (Å²) in [6, 6.07) is 22.6. The normalized spacial score (nSPS) is 14.4. The molecule has 0 amide bonds. The van der Waals surface area contributed by atoms with E-state index in [0.29, 0.717) is 0 Å². The molecule has 283 valence electrons. The first kappa shape index (κ1) is 43.1. The van der Waals surface area contributed by atoms with Gasteiger partial charge in [-0.15, -0.1) is 0 Å². The Bertz CT molecular complexity index is 1510. The van der Waals surface area contributed by atoms with Gasteiger partial charge in [-0.2, -0.15) is 0 Å². The molecule has 0 saturated heterocycles. The van der Waals surface area contributed by atoms with Crippen LogP contribution in [-0.4, -0.2) is 0 Å². The first-order valence-electron chi connectivity index (χ1n) is 20.4. The van der Waals surface area contributed by atoms with Gasteiger partial charge in [0.05, 0.1) is 0 Å². The van der Waals surface area contributed by atoms with Gasteiger partial charge in [-0.1, -0.05) is 218 Å². The third-order valence-electron chi connectivity index (χ3n) is 11.0. The second-order valence-electron chi connectivity index (χ2n) is 22.0. The van der Waals surface area contributed by atoms with E-state index < -0.39 is 0 Å². The smallest absolute Gasteiger partial charge is 0.0420 e. The van der Waals surface area contributed by atoms with Crippen LogP contribution in [0.4, 0.5) is 0 Å². The van der Waals surface area contributed by atoms with Gasteiger partial charge in [0.1, 0.15) is 0 Å². The Morgan fingerprint density at radius 1 is 0.412 bits per heavy atom. The van der Waals surface area contributed by atoms with Crippen molar-refractivity contribution >= 4 is 0 Å². The van der Waals surface area contributed by atoms with Crippen molar-refractivity contribution in [2.75, 3.05) is 0 Å². The molecule has 0 N–H and O–H groups in total. The van der Waals surface area contributed by atoms with Crippen LogP contribution in [-0.2, 0) is 32.5 Å². The molecule has 0 aliphatic heterocycles. The van der Waals surface area contributed by atoms with Crippen molar-refractivity contribution in [3.05, 3.63) is 111 Å². The lowest BCUT2D eigenvalue weighted by Crippen LogP contribution is -2.28. The SMILES string of the molecule is CCCCCCCC([C](c1ccc(C(C)(C)C)cc1C(C)(C)C)c1ccc(C(C)(C)C)cc1C(C)(C)C)c1ccc(C(C)(C)C)cc1C(C)(C)C. The quantitative estimate of drug-likeness (QED) is 0.186. The lowest BCUT2D eigenvalue weighted by atomic mass is 9.64. The van der Waals surface area contributed by atoms with Crippen molar-refractivity contribution in [1.29, 1.82) is 0 Å². The standard InChI is InChI=1S/C51H79/c1-20-21-22-23-24-25-39(38-29-26-35(46(2,3)4)32-42(38)49(11,12)13)45(40-30-27-36(47(5,6)7)33-43(40)50(14,15)16)41-31-28-37(48(8,9)10)34-44(41)51(17,18)19/h26-34,39H,20-25H2,1-19H3. The van der Waals surface area contributed by atoms with Crippen LogP contribution in [0.25, 0.3) is 0 Å². The van der Waals surface area contributed by atoms with E-state index in [1.807, 2.05) is 0 Å². The van der Waals surface area contributed by atoms with E-state index >= 15 is 0 Å². The molecule has 0 heteroatoms. The Morgan fingerprint density at radius 3 is 1.12 bits per heavy atom. The number of benzene rings is 3. The highest BCUT2D eigenvalue weighted by atomic mass is 14.4. The third-order valence-corrected chi connectivity index (χ3v) is 11.0. The molecular weight excluding hydrogens is 613 g/mol. The molecule has 3 aromatic rings. The first-order valence-corrected chi connectivity index (χ1v) is 20.4. The fraction of sp³-hybridized carbons (Fsp3) is 0.627. The molecule has 0 heterocycles. The van der Waals surface area contributed by atoms with E-state index in [2.05, 4.69) is 186 Å². The monoisotopic (exact) mass is 692 g/mol. The Kier molecular flexibility index (Phi) is 13.1. The number of hydrogen-bond donors (Lipinski definition) is 0. The first-order chi connectivity index (χ1) is 23.1. The van der Waals surface area contributed by atoms with Crippen LogP contribution in [0, 0.1) is 5.92 Å². The summed E-state index contributed by atoms with van der Waals surface area (Å²) >= 11 is 0.